The van der Waals surface area contributed by atoms with Gasteiger partial charge in [0.05, 0.1) is 10.4 Å². The van der Waals surface area contributed by atoms with Crippen LogP contribution in [0.2, 0.25) is 0 Å². The highest BCUT2D eigenvalue weighted by Crippen LogP contribution is 2.35. The number of nitrogens with two attached hydrogens (primary N) is 1. The molecule has 2 aromatic rings. The van der Waals surface area contributed by atoms with Gasteiger partial charge in [0.2, 0.25) is 10.0 Å². The third kappa shape index (κ3) is 2.65. The van der Waals surface area contributed by atoms with Crippen LogP contribution in [0, 0.1) is 0 Å². The van der Waals surface area contributed by atoms with Crippen LogP contribution in [0.5, 0.6) is 0 Å². The molecule has 3 rings (SSSR count). The molecule has 0 saturated heterocycles. The second kappa shape index (κ2) is 5.45. The topological polar surface area (TPSA) is 111 Å². The van der Waals surface area contributed by atoms with E-state index in [0.29, 0.717) is 11.4 Å². The zero-order valence-electron chi connectivity index (χ0n) is 12.2. The number of nitrogens with zero attached hydrogens (tertiary/aromatic N) is 2. The highest BCUT2D eigenvalue weighted by Gasteiger charge is 2.36. The molecule has 118 valence electrons. The van der Waals surface area contributed by atoms with E-state index in [4.69, 9.17) is 10.3 Å². The Morgan fingerprint density at radius 1 is 1.32 bits per heavy atom. The Morgan fingerprint density at radius 2 is 2.05 bits per heavy atom. The van der Waals surface area contributed by atoms with Crippen molar-refractivity contribution in [3.05, 3.63) is 30.1 Å². The van der Waals surface area contributed by atoms with Crippen LogP contribution in [-0.2, 0) is 15.6 Å². The van der Waals surface area contributed by atoms with Gasteiger partial charge in [-0.3, -0.25) is 0 Å². The van der Waals surface area contributed by atoms with Gasteiger partial charge < -0.3 is 10.3 Å². The van der Waals surface area contributed by atoms with Gasteiger partial charge in [-0.1, -0.05) is 24.1 Å². The zero-order valence-corrected chi connectivity index (χ0v) is 13.1. The lowest BCUT2D eigenvalue weighted by atomic mass is 9.99. The summed E-state index contributed by atoms with van der Waals surface area (Å²) in [6.45, 7) is 0. The molecule has 0 atom stereocenters. The fourth-order valence-corrected chi connectivity index (χ4v) is 3.46. The van der Waals surface area contributed by atoms with Crippen molar-refractivity contribution >= 4 is 10.0 Å². The van der Waals surface area contributed by atoms with Crippen molar-refractivity contribution in [1.82, 2.24) is 14.9 Å². The highest BCUT2D eigenvalue weighted by atomic mass is 32.2. The van der Waals surface area contributed by atoms with E-state index < -0.39 is 15.6 Å². The summed E-state index contributed by atoms with van der Waals surface area (Å²) in [5.41, 5.74) is 6.32. The van der Waals surface area contributed by atoms with Crippen molar-refractivity contribution in [3.8, 4) is 11.5 Å². The van der Waals surface area contributed by atoms with Crippen molar-refractivity contribution in [2.75, 3.05) is 7.05 Å². The molecule has 8 heteroatoms. The first-order valence-corrected chi connectivity index (χ1v) is 8.60. The highest BCUT2D eigenvalue weighted by molar-refractivity contribution is 7.89. The summed E-state index contributed by atoms with van der Waals surface area (Å²) in [4.78, 5) is 4.51. The zero-order chi connectivity index (χ0) is 15.8. The first kappa shape index (κ1) is 15.1. The molecule has 0 aliphatic heterocycles. The summed E-state index contributed by atoms with van der Waals surface area (Å²) in [6, 6.07) is 6.37. The van der Waals surface area contributed by atoms with Gasteiger partial charge in [-0.2, -0.15) is 4.98 Å². The van der Waals surface area contributed by atoms with Crippen LogP contribution in [0.3, 0.4) is 0 Å². The normalized spacial score (nSPS) is 17.7. The van der Waals surface area contributed by atoms with Crippen LogP contribution in [0.15, 0.2) is 33.7 Å². The van der Waals surface area contributed by atoms with Crippen molar-refractivity contribution < 1.29 is 12.9 Å². The van der Waals surface area contributed by atoms with Gasteiger partial charge in [0.1, 0.15) is 0 Å². The summed E-state index contributed by atoms with van der Waals surface area (Å²) in [6.07, 6.45) is 3.77. The molecule has 1 aliphatic rings. The molecule has 1 aromatic heterocycles. The fraction of sp³-hybridized carbons (Fsp3) is 0.429. The van der Waals surface area contributed by atoms with Crippen molar-refractivity contribution in [3.63, 3.8) is 0 Å². The molecular formula is C14H18N4O3S. The van der Waals surface area contributed by atoms with E-state index in [2.05, 4.69) is 14.9 Å². The first-order valence-electron chi connectivity index (χ1n) is 7.12. The van der Waals surface area contributed by atoms with E-state index in [1.807, 2.05) is 0 Å². The molecule has 1 saturated carbocycles. The van der Waals surface area contributed by atoms with Crippen LogP contribution in [-0.4, -0.2) is 25.6 Å². The third-order valence-corrected chi connectivity index (χ3v) is 5.44. The lowest BCUT2D eigenvalue weighted by Crippen LogP contribution is -2.34. The molecule has 0 radical (unpaired) electrons. The van der Waals surface area contributed by atoms with Crippen molar-refractivity contribution in [1.29, 1.82) is 0 Å². The second-order valence-corrected chi connectivity index (χ2v) is 7.41. The number of hydrogen-bond donors (Lipinski definition) is 2. The largest absolute Gasteiger partial charge is 0.334 e. The van der Waals surface area contributed by atoms with Crippen LogP contribution in [0.1, 0.15) is 31.5 Å². The molecule has 1 heterocycles. The monoisotopic (exact) mass is 322 g/mol. The summed E-state index contributed by atoms with van der Waals surface area (Å²) < 4.78 is 31.3. The Hall–Kier alpha value is -1.77. The predicted molar refractivity (Wildman–Crippen MR) is 80.3 cm³/mol. The molecule has 0 unspecified atom stereocenters. The number of rotatable bonds is 4. The Labute approximate surface area is 129 Å². The maximum Gasteiger partial charge on any atom is 0.258 e. The molecule has 7 nitrogen and oxygen atoms in total. The van der Waals surface area contributed by atoms with Gasteiger partial charge >= 0.3 is 0 Å². The van der Waals surface area contributed by atoms with Gasteiger partial charge in [-0.15, -0.1) is 0 Å². The summed E-state index contributed by atoms with van der Waals surface area (Å²) in [5.74, 6) is 0.766. The molecule has 3 N–H and O–H groups in total. The second-order valence-electron chi connectivity index (χ2n) is 5.52. The molecular weight excluding hydrogens is 304 g/mol. The Morgan fingerprint density at radius 3 is 2.73 bits per heavy atom. The predicted octanol–water partition coefficient (Wildman–Crippen LogP) is 1.37. The van der Waals surface area contributed by atoms with Gasteiger partial charge in [0, 0.05) is 5.56 Å². The minimum Gasteiger partial charge on any atom is -0.334 e. The Kier molecular flexibility index (Phi) is 3.75. The van der Waals surface area contributed by atoms with Gasteiger partial charge in [0.15, 0.2) is 5.82 Å². The molecule has 1 fully saturated rings. The van der Waals surface area contributed by atoms with Crippen molar-refractivity contribution in [2.45, 2.75) is 36.1 Å². The van der Waals surface area contributed by atoms with E-state index in [9.17, 15) is 8.42 Å². The smallest absolute Gasteiger partial charge is 0.258 e. The van der Waals surface area contributed by atoms with Crippen LogP contribution in [0.25, 0.3) is 11.5 Å². The minimum atomic E-state index is -3.51. The number of benzene rings is 1. The standard InChI is InChI=1S/C14H18N4O3S/c1-16-22(19,20)11-6-4-5-10(9-11)12-17-13(18-21-12)14(15)7-2-3-8-14/h4-6,9,16H,2-3,7-8,15H2,1H3. The lowest BCUT2D eigenvalue weighted by Gasteiger charge is -2.17. The molecule has 0 spiro atoms. The molecule has 22 heavy (non-hydrogen) atoms. The van der Waals surface area contributed by atoms with Gasteiger partial charge in [-0.05, 0) is 38.1 Å². The molecule has 1 aromatic carbocycles. The molecule has 0 amide bonds. The van der Waals surface area contributed by atoms with E-state index in [1.54, 1.807) is 12.1 Å². The number of nitrogens with one attached hydrogen (secondary N) is 1. The number of sulfonamides is 1. The van der Waals surface area contributed by atoms with E-state index in [1.165, 1.54) is 19.2 Å². The Bertz CT molecular complexity index is 779. The number of aromatic nitrogens is 2. The van der Waals surface area contributed by atoms with Crippen LogP contribution < -0.4 is 10.5 Å². The average molecular weight is 322 g/mol. The maximum absolute atomic E-state index is 11.9. The maximum atomic E-state index is 11.9. The molecule has 1 aliphatic carbocycles. The Balaban J connectivity index is 1.96. The van der Waals surface area contributed by atoms with E-state index >= 15 is 0 Å². The van der Waals surface area contributed by atoms with E-state index in [0.717, 1.165) is 25.7 Å². The summed E-state index contributed by atoms with van der Waals surface area (Å²) in [5, 5.41) is 3.98. The van der Waals surface area contributed by atoms with Gasteiger partial charge in [-0.25, -0.2) is 13.1 Å². The molecule has 0 bridgehead atoms. The van der Waals surface area contributed by atoms with E-state index in [-0.39, 0.29) is 10.8 Å². The summed E-state index contributed by atoms with van der Waals surface area (Å²) >= 11 is 0. The SMILES string of the molecule is CNS(=O)(=O)c1cccc(-c2nc(C3(N)CCCC3)no2)c1. The summed E-state index contributed by atoms with van der Waals surface area (Å²) in [7, 11) is -2.15. The quantitative estimate of drug-likeness (QED) is 0.879. The minimum absolute atomic E-state index is 0.149. The first-order chi connectivity index (χ1) is 10.4. The third-order valence-electron chi connectivity index (χ3n) is 4.03. The number of hydrogen-bond acceptors (Lipinski definition) is 6. The van der Waals surface area contributed by atoms with Gasteiger partial charge in [0.25, 0.3) is 5.89 Å². The van der Waals surface area contributed by atoms with Crippen LogP contribution in [0.4, 0.5) is 0 Å². The fourth-order valence-electron chi connectivity index (χ4n) is 2.69. The average Bonchev–Trinajstić information content (AvgIpc) is 3.17. The van der Waals surface area contributed by atoms with Crippen molar-refractivity contribution in [2.24, 2.45) is 5.73 Å². The lowest BCUT2D eigenvalue weighted by molar-refractivity contribution is 0.372. The van der Waals surface area contributed by atoms with Crippen LogP contribution >= 0.6 is 0 Å².